The number of likely N-dealkylation sites (N-methyl/N-ethyl adjacent to an activating group) is 1. The summed E-state index contributed by atoms with van der Waals surface area (Å²) in [5.41, 5.74) is 0. The molecule has 102 valence electrons. The highest BCUT2D eigenvalue weighted by molar-refractivity contribution is 7.15. The lowest BCUT2D eigenvalue weighted by atomic mass is 10.1. The van der Waals surface area contributed by atoms with Gasteiger partial charge in [-0.1, -0.05) is 25.2 Å². The van der Waals surface area contributed by atoms with E-state index in [1.54, 1.807) is 7.05 Å². The van der Waals surface area contributed by atoms with Gasteiger partial charge in [-0.3, -0.25) is 5.32 Å². The van der Waals surface area contributed by atoms with Gasteiger partial charge in [0.15, 0.2) is 0 Å². The van der Waals surface area contributed by atoms with Crippen LogP contribution in [-0.2, 0) is 0 Å². The molecule has 0 unspecified atom stereocenters. The van der Waals surface area contributed by atoms with Crippen molar-refractivity contribution in [3.63, 3.8) is 0 Å². The van der Waals surface area contributed by atoms with Crippen molar-refractivity contribution >= 4 is 22.5 Å². The van der Waals surface area contributed by atoms with Gasteiger partial charge in [0.25, 0.3) is 0 Å². The van der Waals surface area contributed by atoms with Crippen LogP contribution in [0.25, 0.3) is 0 Å². The van der Waals surface area contributed by atoms with Crippen LogP contribution in [0.2, 0.25) is 0 Å². The summed E-state index contributed by atoms with van der Waals surface area (Å²) in [4.78, 5) is 13.1. The molecule has 1 aromatic heterocycles. The smallest absolute Gasteiger partial charge is 0.323 e. The van der Waals surface area contributed by atoms with Crippen LogP contribution in [0.3, 0.4) is 0 Å². The summed E-state index contributed by atoms with van der Waals surface area (Å²) in [6.45, 7) is 4.47. The van der Waals surface area contributed by atoms with E-state index in [2.05, 4.69) is 29.4 Å². The Balaban J connectivity index is 2.61. The van der Waals surface area contributed by atoms with Crippen molar-refractivity contribution in [1.82, 2.24) is 15.1 Å². The second-order valence-electron chi connectivity index (χ2n) is 4.03. The molecular formula is C11H20N4O2S. The first-order valence-electron chi connectivity index (χ1n) is 6.08. The lowest BCUT2D eigenvalue weighted by Crippen LogP contribution is -2.33. The van der Waals surface area contributed by atoms with Crippen LogP contribution in [0.5, 0.6) is 0 Å². The van der Waals surface area contributed by atoms with Crippen molar-refractivity contribution in [2.75, 3.05) is 25.5 Å². The van der Waals surface area contributed by atoms with E-state index in [4.69, 9.17) is 5.11 Å². The molecule has 0 spiro atoms. The van der Waals surface area contributed by atoms with Gasteiger partial charge in [-0.25, -0.2) is 4.79 Å². The first-order valence-corrected chi connectivity index (χ1v) is 6.90. The van der Waals surface area contributed by atoms with Crippen molar-refractivity contribution < 1.29 is 9.90 Å². The number of nitrogens with zero attached hydrogens (tertiary/aromatic N) is 3. The van der Waals surface area contributed by atoms with Gasteiger partial charge in [0.2, 0.25) is 5.13 Å². The maximum absolute atomic E-state index is 11.7. The number of nitrogens with one attached hydrogen (secondary N) is 1. The van der Waals surface area contributed by atoms with Gasteiger partial charge >= 0.3 is 6.03 Å². The number of hydrogen-bond acceptors (Lipinski definition) is 5. The summed E-state index contributed by atoms with van der Waals surface area (Å²) in [6, 6.07) is -0.281. The van der Waals surface area contributed by atoms with Crippen LogP contribution in [0, 0.1) is 0 Å². The van der Waals surface area contributed by atoms with E-state index in [9.17, 15) is 4.79 Å². The molecular weight excluding hydrogens is 252 g/mol. The van der Waals surface area contributed by atoms with E-state index in [1.165, 1.54) is 16.2 Å². The minimum atomic E-state index is -0.281. The van der Waals surface area contributed by atoms with Crippen LogP contribution in [0.4, 0.5) is 9.93 Å². The average Bonchev–Trinajstić information content (AvgIpc) is 2.79. The monoisotopic (exact) mass is 272 g/mol. The number of urea groups is 1. The third-order valence-corrected chi connectivity index (χ3v) is 3.77. The number of carbonyl (C=O) groups excluding carboxylic acids is 1. The topological polar surface area (TPSA) is 78.4 Å². The van der Waals surface area contributed by atoms with Gasteiger partial charge in [0, 0.05) is 19.5 Å². The molecule has 2 N–H and O–H groups in total. The van der Waals surface area contributed by atoms with Gasteiger partial charge in [-0.2, -0.15) is 0 Å². The van der Waals surface area contributed by atoms with Crippen LogP contribution < -0.4 is 5.32 Å². The Hall–Kier alpha value is -1.21. The number of hydrogen-bond donors (Lipinski definition) is 2. The van der Waals surface area contributed by atoms with Crippen molar-refractivity contribution in [3.05, 3.63) is 5.01 Å². The number of aliphatic hydroxyl groups is 1. The third kappa shape index (κ3) is 3.92. The number of aromatic nitrogens is 2. The minimum absolute atomic E-state index is 0.0565. The zero-order chi connectivity index (χ0) is 13.5. The Morgan fingerprint density at radius 3 is 2.67 bits per heavy atom. The van der Waals surface area contributed by atoms with Crippen molar-refractivity contribution in [1.29, 1.82) is 0 Å². The second kappa shape index (κ2) is 7.27. The van der Waals surface area contributed by atoms with Gasteiger partial charge in [0.05, 0.1) is 6.61 Å². The van der Waals surface area contributed by atoms with Crippen molar-refractivity contribution in [2.45, 2.75) is 32.6 Å². The van der Waals surface area contributed by atoms with E-state index >= 15 is 0 Å². The average molecular weight is 272 g/mol. The van der Waals surface area contributed by atoms with E-state index in [1.807, 2.05) is 0 Å². The van der Waals surface area contributed by atoms with Gasteiger partial charge in [0.1, 0.15) is 5.01 Å². The maximum atomic E-state index is 11.7. The van der Waals surface area contributed by atoms with E-state index < -0.39 is 0 Å². The number of anilines is 1. The number of aliphatic hydroxyl groups excluding tert-OH is 1. The SMILES string of the molecule is CCC(CC)c1nnc(NC(=O)N(C)CCO)s1. The van der Waals surface area contributed by atoms with E-state index in [0.29, 0.717) is 17.6 Å². The largest absolute Gasteiger partial charge is 0.395 e. The normalized spacial score (nSPS) is 10.7. The molecule has 0 aromatic carbocycles. The first-order chi connectivity index (χ1) is 8.62. The highest BCUT2D eigenvalue weighted by atomic mass is 32.1. The number of amides is 2. The summed E-state index contributed by atoms with van der Waals surface area (Å²) >= 11 is 1.41. The molecule has 0 aliphatic rings. The second-order valence-corrected chi connectivity index (χ2v) is 5.04. The van der Waals surface area contributed by atoms with E-state index in [-0.39, 0.29) is 12.6 Å². The van der Waals surface area contributed by atoms with Gasteiger partial charge < -0.3 is 10.0 Å². The predicted octanol–water partition coefficient (Wildman–Crippen LogP) is 1.90. The summed E-state index contributed by atoms with van der Waals surface area (Å²) in [6.07, 6.45) is 2.03. The Labute approximate surface area is 111 Å². The Morgan fingerprint density at radius 1 is 1.44 bits per heavy atom. The lowest BCUT2D eigenvalue weighted by molar-refractivity contribution is 0.202. The minimum Gasteiger partial charge on any atom is -0.395 e. The molecule has 6 nitrogen and oxygen atoms in total. The summed E-state index contributed by atoms with van der Waals surface area (Å²) < 4.78 is 0. The van der Waals surface area contributed by atoms with Crippen LogP contribution >= 0.6 is 11.3 Å². The van der Waals surface area contributed by atoms with Crippen LogP contribution in [0.15, 0.2) is 0 Å². The fourth-order valence-corrected chi connectivity index (χ4v) is 2.53. The molecule has 0 saturated heterocycles. The predicted molar refractivity (Wildman–Crippen MR) is 72.0 cm³/mol. The van der Waals surface area contributed by atoms with Crippen LogP contribution in [0.1, 0.15) is 37.6 Å². The number of rotatable bonds is 6. The number of carbonyl (C=O) groups is 1. The third-order valence-electron chi connectivity index (χ3n) is 2.77. The molecule has 7 heteroatoms. The molecule has 0 aliphatic carbocycles. The summed E-state index contributed by atoms with van der Waals surface area (Å²) in [5, 5.41) is 20.9. The van der Waals surface area contributed by atoms with Crippen LogP contribution in [-0.4, -0.2) is 46.4 Å². The molecule has 0 bridgehead atoms. The highest BCUT2D eigenvalue weighted by Gasteiger charge is 2.15. The quantitative estimate of drug-likeness (QED) is 0.829. The van der Waals surface area contributed by atoms with Crippen molar-refractivity contribution in [2.24, 2.45) is 0 Å². The molecule has 1 rings (SSSR count). The van der Waals surface area contributed by atoms with Crippen molar-refractivity contribution in [3.8, 4) is 0 Å². The molecule has 1 aromatic rings. The van der Waals surface area contributed by atoms with Gasteiger partial charge in [-0.15, -0.1) is 10.2 Å². The lowest BCUT2D eigenvalue weighted by Gasteiger charge is -2.14. The summed E-state index contributed by atoms with van der Waals surface area (Å²) in [5.74, 6) is 0.406. The standard InChI is InChI=1S/C11H20N4O2S/c1-4-8(5-2)9-13-14-10(18-9)12-11(17)15(3)6-7-16/h8,16H,4-7H2,1-3H3,(H,12,14,17). The molecule has 0 saturated carbocycles. The summed E-state index contributed by atoms with van der Waals surface area (Å²) in [7, 11) is 1.62. The Bertz CT molecular complexity index is 379. The molecule has 1 heterocycles. The van der Waals surface area contributed by atoms with E-state index in [0.717, 1.165) is 17.8 Å². The maximum Gasteiger partial charge on any atom is 0.323 e. The molecule has 0 aliphatic heterocycles. The Kier molecular flexibility index (Phi) is 6.00. The van der Waals surface area contributed by atoms with Gasteiger partial charge in [-0.05, 0) is 12.8 Å². The Morgan fingerprint density at radius 2 is 2.11 bits per heavy atom. The molecule has 0 atom stereocenters. The molecule has 0 radical (unpaired) electrons. The zero-order valence-corrected chi connectivity index (χ0v) is 11.8. The fraction of sp³-hybridized carbons (Fsp3) is 0.727. The molecule has 0 fully saturated rings. The zero-order valence-electron chi connectivity index (χ0n) is 11.0. The molecule has 18 heavy (non-hydrogen) atoms. The first kappa shape index (κ1) is 14.8. The highest BCUT2D eigenvalue weighted by Crippen LogP contribution is 2.27. The fourth-order valence-electron chi connectivity index (χ4n) is 1.53. The molecule has 2 amide bonds.